The minimum absolute atomic E-state index is 0.0278. The van der Waals surface area contributed by atoms with Crippen molar-refractivity contribution >= 4 is 33.0 Å². The smallest absolute Gasteiger partial charge is 0.347 e. The molecular weight excluding hydrogens is 290 g/mol. The zero-order chi connectivity index (χ0) is 14.5. The molecule has 0 saturated carbocycles. The Morgan fingerprint density at radius 2 is 1.95 bits per heavy atom. The lowest BCUT2D eigenvalue weighted by atomic mass is 10.3. The van der Waals surface area contributed by atoms with Crippen molar-refractivity contribution in [1.82, 2.24) is 4.98 Å². The molecule has 0 unspecified atom stereocenters. The molecule has 0 aliphatic rings. The molecule has 0 atom stereocenters. The molecule has 2 rings (SSSR count). The topological polar surface area (TPSA) is 136 Å². The molecule has 9 heteroatoms. The van der Waals surface area contributed by atoms with E-state index in [9.17, 15) is 13.2 Å². The van der Waals surface area contributed by atoms with E-state index in [1.807, 2.05) is 0 Å². The van der Waals surface area contributed by atoms with Gasteiger partial charge in [0.1, 0.15) is 9.77 Å². The second-order valence-electron chi connectivity index (χ2n) is 3.25. The number of thiazole rings is 1. The normalized spacial score (nSPS) is 10.4. The Bertz CT molecular complexity index is 653. The van der Waals surface area contributed by atoms with Crippen LogP contribution in [0.25, 0.3) is 0 Å². The Kier molecular flexibility index (Phi) is 4.98. The summed E-state index contributed by atoms with van der Waals surface area (Å²) in [7, 11) is -3.66. The van der Waals surface area contributed by atoms with E-state index < -0.39 is 16.0 Å². The third kappa shape index (κ3) is 4.66. The minimum Gasteiger partial charge on any atom is -0.477 e. The first-order valence-electron chi connectivity index (χ1n) is 4.81. The van der Waals surface area contributed by atoms with E-state index in [-0.39, 0.29) is 15.5 Å². The molecule has 2 aromatic rings. The SMILES string of the molecule is Nc1ccccc1S(N)(=O)=O.O=C(O)c1cncs1. The minimum atomic E-state index is -3.66. The number of nitrogens with two attached hydrogens (primary N) is 2. The molecule has 1 aromatic heterocycles. The lowest BCUT2D eigenvalue weighted by Crippen LogP contribution is -2.13. The summed E-state index contributed by atoms with van der Waals surface area (Å²) >= 11 is 1.12. The molecule has 102 valence electrons. The second kappa shape index (κ2) is 6.27. The third-order valence-corrected chi connectivity index (χ3v) is 3.61. The molecule has 19 heavy (non-hydrogen) atoms. The summed E-state index contributed by atoms with van der Waals surface area (Å²) in [4.78, 5) is 13.9. The van der Waals surface area contributed by atoms with Gasteiger partial charge < -0.3 is 10.8 Å². The van der Waals surface area contributed by atoms with Crippen molar-refractivity contribution in [1.29, 1.82) is 0 Å². The zero-order valence-electron chi connectivity index (χ0n) is 9.55. The maximum Gasteiger partial charge on any atom is 0.347 e. The first-order valence-corrected chi connectivity index (χ1v) is 7.24. The molecule has 0 spiro atoms. The third-order valence-electron chi connectivity index (χ3n) is 1.87. The van der Waals surface area contributed by atoms with Crippen molar-refractivity contribution in [2.75, 3.05) is 5.73 Å². The summed E-state index contributed by atoms with van der Waals surface area (Å²) in [5.41, 5.74) is 7.01. The fraction of sp³-hybridized carbons (Fsp3) is 0. The molecule has 0 saturated heterocycles. The average molecular weight is 301 g/mol. The molecule has 0 amide bonds. The number of para-hydroxylation sites is 1. The number of aromatic nitrogens is 1. The van der Waals surface area contributed by atoms with Gasteiger partial charge in [-0.25, -0.2) is 18.4 Å². The highest BCUT2D eigenvalue weighted by molar-refractivity contribution is 7.89. The van der Waals surface area contributed by atoms with Crippen LogP contribution in [0.4, 0.5) is 5.69 Å². The van der Waals surface area contributed by atoms with Crippen LogP contribution in [0, 0.1) is 0 Å². The number of anilines is 1. The van der Waals surface area contributed by atoms with Gasteiger partial charge in [0, 0.05) is 0 Å². The van der Waals surface area contributed by atoms with Gasteiger partial charge in [0.2, 0.25) is 10.0 Å². The highest BCUT2D eigenvalue weighted by Crippen LogP contribution is 2.14. The number of nitrogen functional groups attached to an aromatic ring is 1. The lowest BCUT2D eigenvalue weighted by molar-refractivity contribution is 0.0702. The summed E-state index contributed by atoms with van der Waals surface area (Å²) < 4.78 is 21.5. The quantitative estimate of drug-likeness (QED) is 0.700. The Hall–Kier alpha value is -1.97. The Morgan fingerprint density at radius 3 is 2.26 bits per heavy atom. The van der Waals surface area contributed by atoms with Gasteiger partial charge in [-0.1, -0.05) is 12.1 Å². The van der Waals surface area contributed by atoms with Crippen LogP contribution in [0.1, 0.15) is 9.67 Å². The van der Waals surface area contributed by atoms with Crippen LogP contribution >= 0.6 is 11.3 Å². The molecule has 0 aliphatic heterocycles. The van der Waals surface area contributed by atoms with E-state index in [1.165, 1.54) is 23.8 Å². The molecule has 1 aromatic carbocycles. The van der Waals surface area contributed by atoms with E-state index in [0.717, 1.165) is 11.3 Å². The van der Waals surface area contributed by atoms with Gasteiger partial charge in [-0.2, -0.15) is 0 Å². The van der Waals surface area contributed by atoms with Crippen molar-refractivity contribution < 1.29 is 18.3 Å². The van der Waals surface area contributed by atoms with Crippen molar-refractivity contribution in [3.63, 3.8) is 0 Å². The fourth-order valence-corrected chi connectivity index (χ4v) is 2.18. The van der Waals surface area contributed by atoms with Crippen LogP contribution in [0.2, 0.25) is 0 Å². The zero-order valence-corrected chi connectivity index (χ0v) is 11.2. The number of hydrogen-bond acceptors (Lipinski definition) is 6. The van der Waals surface area contributed by atoms with Crippen molar-refractivity contribution in [3.8, 4) is 0 Å². The molecule has 1 heterocycles. The second-order valence-corrected chi connectivity index (χ2v) is 5.67. The van der Waals surface area contributed by atoms with E-state index in [2.05, 4.69) is 4.98 Å². The molecule has 0 bridgehead atoms. The maximum atomic E-state index is 10.8. The largest absolute Gasteiger partial charge is 0.477 e. The van der Waals surface area contributed by atoms with Gasteiger partial charge >= 0.3 is 5.97 Å². The number of sulfonamides is 1. The summed E-state index contributed by atoms with van der Waals surface area (Å²) in [5, 5.41) is 13.1. The van der Waals surface area contributed by atoms with Crippen molar-refractivity contribution in [2.45, 2.75) is 4.90 Å². The number of primary sulfonamides is 1. The number of nitrogens with zero attached hydrogens (tertiary/aromatic N) is 1. The highest BCUT2D eigenvalue weighted by atomic mass is 32.2. The van der Waals surface area contributed by atoms with Crippen LogP contribution in [0.3, 0.4) is 0 Å². The van der Waals surface area contributed by atoms with Crippen LogP contribution in [0.15, 0.2) is 40.9 Å². The number of carbonyl (C=O) groups is 1. The van der Waals surface area contributed by atoms with Gasteiger partial charge in [-0.3, -0.25) is 4.98 Å². The molecule has 7 nitrogen and oxygen atoms in total. The van der Waals surface area contributed by atoms with E-state index in [1.54, 1.807) is 12.1 Å². The van der Waals surface area contributed by atoms with Gasteiger partial charge in [0.15, 0.2) is 0 Å². The summed E-state index contributed by atoms with van der Waals surface area (Å²) in [6.45, 7) is 0. The van der Waals surface area contributed by atoms with Crippen molar-refractivity contribution in [3.05, 3.63) is 40.8 Å². The summed E-state index contributed by atoms with van der Waals surface area (Å²) in [6.07, 6.45) is 1.33. The predicted octanol–water partition coefficient (Wildman–Crippen LogP) is 0.757. The predicted molar refractivity (Wildman–Crippen MR) is 71.3 cm³/mol. The van der Waals surface area contributed by atoms with Gasteiger partial charge in [0.25, 0.3) is 0 Å². The molecule has 5 N–H and O–H groups in total. The van der Waals surface area contributed by atoms with Crippen LogP contribution in [0.5, 0.6) is 0 Å². The Morgan fingerprint density at radius 1 is 1.32 bits per heavy atom. The van der Waals surface area contributed by atoms with Gasteiger partial charge in [-0.15, -0.1) is 11.3 Å². The van der Waals surface area contributed by atoms with E-state index in [0.29, 0.717) is 0 Å². The summed E-state index contributed by atoms with van der Waals surface area (Å²) in [5.74, 6) is -0.910. The Balaban J connectivity index is 0.000000200. The van der Waals surface area contributed by atoms with Gasteiger partial charge in [0.05, 0.1) is 17.4 Å². The molecular formula is C10H11N3O4S2. The number of carboxylic acid groups (broad SMARTS) is 1. The number of rotatable bonds is 2. The molecule has 0 aliphatic carbocycles. The van der Waals surface area contributed by atoms with Crippen LogP contribution in [-0.2, 0) is 10.0 Å². The molecule has 0 radical (unpaired) electrons. The monoisotopic (exact) mass is 301 g/mol. The highest BCUT2D eigenvalue weighted by Gasteiger charge is 2.09. The number of aromatic carboxylic acids is 1. The lowest BCUT2D eigenvalue weighted by Gasteiger charge is -2.00. The first-order chi connectivity index (χ1) is 8.82. The standard InChI is InChI=1S/C6H8N2O2S.C4H3NO2S/c7-5-3-1-2-4-6(5)11(8,9)10;6-4(7)3-1-5-2-8-3/h1-4H,7H2,(H2,8,9,10);1-2H,(H,6,7). The number of benzene rings is 1. The van der Waals surface area contributed by atoms with Crippen LogP contribution < -0.4 is 10.9 Å². The maximum absolute atomic E-state index is 10.8. The van der Waals surface area contributed by atoms with Crippen LogP contribution in [-0.4, -0.2) is 24.5 Å². The summed E-state index contributed by atoms with van der Waals surface area (Å²) in [6, 6.07) is 6.06. The van der Waals surface area contributed by atoms with E-state index >= 15 is 0 Å². The van der Waals surface area contributed by atoms with Gasteiger partial charge in [-0.05, 0) is 12.1 Å². The first kappa shape index (κ1) is 15.1. The van der Waals surface area contributed by atoms with Crippen molar-refractivity contribution in [2.24, 2.45) is 5.14 Å². The fourth-order valence-electron chi connectivity index (χ4n) is 1.06. The Labute approximate surface area is 113 Å². The average Bonchev–Trinajstić information content (AvgIpc) is 2.82. The van der Waals surface area contributed by atoms with E-state index in [4.69, 9.17) is 16.0 Å². The number of carboxylic acids is 1. The molecule has 0 fully saturated rings. The number of hydrogen-bond donors (Lipinski definition) is 3.